The fourth-order valence-corrected chi connectivity index (χ4v) is 4.32. The van der Waals surface area contributed by atoms with Crippen LogP contribution in [0.15, 0.2) is 12.1 Å². The van der Waals surface area contributed by atoms with E-state index in [1.807, 2.05) is 19.1 Å². The van der Waals surface area contributed by atoms with E-state index in [1.165, 1.54) is 10.5 Å². The molecule has 1 aromatic carbocycles. The lowest BCUT2D eigenvalue weighted by Crippen LogP contribution is -2.07. The summed E-state index contributed by atoms with van der Waals surface area (Å²) >= 11 is 0.153. The first-order chi connectivity index (χ1) is 12.2. The van der Waals surface area contributed by atoms with Crippen molar-refractivity contribution in [3.8, 4) is 11.5 Å². The Morgan fingerprint density at radius 1 is 1.40 bits per heavy atom. The van der Waals surface area contributed by atoms with Gasteiger partial charge in [-0.25, -0.2) is 4.98 Å². The maximum absolute atomic E-state index is 13.3. The fraction of sp³-hybridized carbons (Fsp3) is 0.353. The minimum atomic E-state index is 0.153. The van der Waals surface area contributed by atoms with Crippen LogP contribution >= 0.6 is 12.3 Å². The highest BCUT2D eigenvalue weighted by Crippen LogP contribution is 2.50. The Balaban J connectivity index is 1.64. The van der Waals surface area contributed by atoms with E-state index in [0.29, 0.717) is 24.1 Å². The topological polar surface area (TPSA) is 75.6 Å². The third kappa shape index (κ3) is 2.27. The zero-order valence-electron chi connectivity index (χ0n) is 13.5. The van der Waals surface area contributed by atoms with E-state index in [1.54, 1.807) is 0 Å². The summed E-state index contributed by atoms with van der Waals surface area (Å²) < 4.78 is 14.7. The molecule has 0 radical (unpaired) electrons. The summed E-state index contributed by atoms with van der Waals surface area (Å²) in [5.41, 5.74) is 6.15. The number of fused-ring (bicyclic) bond motifs is 3. The average molecular weight is 357 g/mol. The normalized spacial score (nSPS) is 21.0. The monoisotopic (exact) mass is 357 g/mol. The van der Waals surface area contributed by atoms with Gasteiger partial charge in [-0.1, -0.05) is 0 Å². The number of carbonyl (C=O) groups excluding carboxylic acids is 1. The third-order valence-corrected chi connectivity index (χ3v) is 5.81. The van der Waals surface area contributed by atoms with Gasteiger partial charge in [-0.15, -0.1) is 3.89 Å². The number of rotatable bonds is 4. The molecule has 2 aliphatic rings. The van der Waals surface area contributed by atoms with Gasteiger partial charge >= 0.3 is 0 Å². The molecule has 1 saturated carbocycles. The summed E-state index contributed by atoms with van der Waals surface area (Å²) in [4.78, 5) is 18.7. The van der Waals surface area contributed by atoms with Crippen molar-refractivity contribution in [1.29, 1.82) is 0 Å². The van der Waals surface area contributed by atoms with Crippen LogP contribution in [0.25, 0.3) is 22.6 Å². The second-order valence-corrected chi connectivity index (χ2v) is 7.40. The molecule has 2 aromatic heterocycles. The van der Waals surface area contributed by atoms with Crippen LogP contribution in [0, 0.1) is 18.8 Å². The van der Waals surface area contributed by atoms with E-state index in [2.05, 4.69) is 20.4 Å². The molecule has 25 heavy (non-hydrogen) atoms. The van der Waals surface area contributed by atoms with Gasteiger partial charge in [0, 0.05) is 11.3 Å². The number of imidazole rings is 1. The molecule has 0 aliphatic heterocycles. The van der Waals surface area contributed by atoms with Crippen molar-refractivity contribution < 1.29 is 8.68 Å². The quantitative estimate of drug-likeness (QED) is 0.702. The Hall–Kier alpha value is -2.35. The van der Waals surface area contributed by atoms with E-state index in [0.717, 1.165) is 52.1 Å². The summed E-state index contributed by atoms with van der Waals surface area (Å²) in [6.45, 7) is 1.93. The number of aromatic nitrogens is 4. The highest BCUT2D eigenvalue weighted by atomic mass is 32.2. The number of amides is 1. The van der Waals surface area contributed by atoms with Gasteiger partial charge in [0.15, 0.2) is 18.2 Å². The Labute approximate surface area is 147 Å². The molecule has 0 saturated heterocycles. The first-order valence-corrected chi connectivity index (χ1v) is 8.96. The molecule has 128 valence electrons. The van der Waals surface area contributed by atoms with E-state index in [9.17, 15) is 8.68 Å². The molecule has 2 atom stereocenters. The fourth-order valence-electron chi connectivity index (χ4n) is 3.94. The molecule has 3 aromatic rings. The third-order valence-electron chi connectivity index (χ3n) is 5.38. The summed E-state index contributed by atoms with van der Waals surface area (Å²) in [6.07, 6.45) is 3.73. The van der Waals surface area contributed by atoms with Crippen molar-refractivity contribution in [2.75, 3.05) is 5.32 Å². The maximum Gasteiger partial charge on any atom is 0.211 e. The second kappa shape index (κ2) is 5.32. The first-order valence-electron chi connectivity index (χ1n) is 8.28. The van der Waals surface area contributed by atoms with E-state index in [-0.39, 0.29) is 12.3 Å². The van der Waals surface area contributed by atoms with Crippen LogP contribution in [0.2, 0.25) is 0 Å². The van der Waals surface area contributed by atoms with Crippen molar-refractivity contribution in [1.82, 2.24) is 19.2 Å². The zero-order chi connectivity index (χ0) is 17.1. The molecule has 1 fully saturated rings. The summed E-state index contributed by atoms with van der Waals surface area (Å²) in [6, 6.07) is 3.78. The minimum absolute atomic E-state index is 0.153. The number of aryl methyl sites for hydroxylation is 1. The number of nitrogens with one attached hydrogen (secondary N) is 2. The molecular formula is C17H16FN5OS. The highest BCUT2D eigenvalue weighted by molar-refractivity contribution is 7.92. The van der Waals surface area contributed by atoms with Crippen LogP contribution in [-0.2, 0) is 17.6 Å². The average Bonchev–Trinajstić information content (AvgIpc) is 3.10. The molecule has 8 heteroatoms. The molecule has 0 bridgehead atoms. The number of aromatic amines is 1. The number of benzene rings is 1. The number of hydrogen-bond acceptors (Lipinski definition) is 4. The van der Waals surface area contributed by atoms with Crippen LogP contribution in [0.3, 0.4) is 0 Å². The highest BCUT2D eigenvalue weighted by Gasteiger charge is 2.44. The smallest absolute Gasteiger partial charge is 0.211 e. The first kappa shape index (κ1) is 14.9. The van der Waals surface area contributed by atoms with Gasteiger partial charge in [-0.3, -0.25) is 4.79 Å². The second-order valence-electron chi connectivity index (χ2n) is 6.91. The van der Waals surface area contributed by atoms with Crippen LogP contribution in [-0.4, -0.2) is 25.6 Å². The molecule has 1 amide bonds. The van der Waals surface area contributed by atoms with Gasteiger partial charge in [0.05, 0.1) is 16.7 Å². The van der Waals surface area contributed by atoms with Crippen molar-refractivity contribution >= 4 is 35.5 Å². The standard InChI is InChI=1S/C17H16FN5OS/c1-8-2-13-14(6-12(8)19-7-24)21-17(20-13)16-11-4-9-3-10(9)5-15(11)23(22-16)25-18/h2,6-7,9-10H,3-5H2,1H3,(H,19,24)(H,20,21). The van der Waals surface area contributed by atoms with Gasteiger partial charge < -0.3 is 10.3 Å². The largest absolute Gasteiger partial charge is 0.337 e. The maximum atomic E-state index is 13.3. The molecule has 2 unspecified atom stereocenters. The Morgan fingerprint density at radius 3 is 3.04 bits per heavy atom. The van der Waals surface area contributed by atoms with Gasteiger partial charge in [0.1, 0.15) is 5.69 Å². The van der Waals surface area contributed by atoms with Crippen LogP contribution in [0.5, 0.6) is 0 Å². The van der Waals surface area contributed by atoms with Crippen molar-refractivity contribution in [3.05, 3.63) is 29.0 Å². The molecule has 2 N–H and O–H groups in total. The van der Waals surface area contributed by atoms with E-state index >= 15 is 0 Å². The van der Waals surface area contributed by atoms with E-state index < -0.39 is 0 Å². The van der Waals surface area contributed by atoms with Gasteiger partial charge in [0.25, 0.3) is 0 Å². The number of H-pyrrole nitrogens is 1. The molecule has 6 nitrogen and oxygen atoms in total. The Kier molecular flexibility index (Phi) is 3.18. The molecule has 0 spiro atoms. The van der Waals surface area contributed by atoms with E-state index in [4.69, 9.17) is 0 Å². The Morgan fingerprint density at radius 2 is 2.24 bits per heavy atom. The summed E-state index contributed by atoms with van der Waals surface area (Å²) in [7, 11) is 0. The lowest BCUT2D eigenvalue weighted by atomic mass is 9.96. The van der Waals surface area contributed by atoms with Gasteiger partial charge in [-0.05, 0) is 55.7 Å². The molecule has 5 rings (SSSR count). The van der Waals surface area contributed by atoms with Crippen molar-refractivity contribution in [2.24, 2.45) is 11.8 Å². The predicted octanol–water partition coefficient (Wildman–Crippen LogP) is 3.42. The van der Waals surface area contributed by atoms with Crippen LogP contribution in [0.1, 0.15) is 23.2 Å². The summed E-state index contributed by atoms with van der Waals surface area (Å²) in [5.74, 6) is 2.06. The molecule has 2 heterocycles. The molecular weight excluding hydrogens is 341 g/mol. The SMILES string of the molecule is Cc1cc2[nH]c(-c3nn(SF)c4c3CC3CC3C4)nc2cc1NC=O. The number of carbonyl (C=O) groups is 1. The number of hydrogen-bond donors (Lipinski definition) is 2. The lowest BCUT2D eigenvalue weighted by molar-refractivity contribution is -0.105. The van der Waals surface area contributed by atoms with Gasteiger partial charge in [-0.2, -0.15) is 9.19 Å². The van der Waals surface area contributed by atoms with Crippen molar-refractivity contribution in [3.63, 3.8) is 0 Å². The van der Waals surface area contributed by atoms with Gasteiger partial charge in [0.2, 0.25) is 6.41 Å². The summed E-state index contributed by atoms with van der Waals surface area (Å²) in [5, 5.41) is 7.14. The number of nitrogens with zero attached hydrogens (tertiary/aromatic N) is 3. The minimum Gasteiger partial charge on any atom is -0.337 e. The predicted molar refractivity (Wildman–Crippen MR) is 94.8 cm³/mol. The lowest BCUT2D eigenvalue weighted by Gasteiger charge is -2.11. The number of anilines is 1. The number of halogens is 1. The van der Waals surface area contributed by atoms with Crippen molar-refractivity contribution in [2.45, 2.75) is 26.2 Å². The zero-order valence-corrected chi connectivity index (χ0v) is 14.4. The Bertz CT molecular complexity index is 1010. The van der Waals surface area contributed by atoms with Crippen LogP contribution in [0.4, 0.5) is 9.57 Å². The molecule has 2 aliphatic carbocycles. The van der Waals surface area contributed by atoms with Crippen LogP contribution < -0.4 is 5.32 Å².